The van der Waals surface area contributed by atoms with Crippen LogP contribution in [0.15, 0.2) is 35.4 Å². The second-order valence-electron chi connectivity index (χ2n) is 16.4. The Morgan fingerprint density at radius 1 is 1.04 bits per heavy atom. The zero-order chi connectivity index (χ0) is 39.8. The second kappa shape index (κ2) is 15.9. The number of nitrogens with two attached hydrogens (primary N) is 1. The summed E-state index contributed by atoms with van der Waals surface area (Å²) in [4.78, 5) is 69.8. The van der Waals surface area contributed by atoms with E-state index in [4.69, 9.17) is 5.73 Å². The molecule has 3 heterocycles. The van der Waals surface area contributed by atoms with Gasteiger partial charge in [-0.05, 0) is 94.6 Å². The lowest BCUT2D eigenvalue weighted by Gasteiger charge is -2.37. The van der Waals surface area contributed by atoms with Crippen LogP contribution in [0.25, 0.3) is 0 Å². The van der Waals surface area contributed by atoms with Gasteiger partial charge < -0.3 is 26.4 Å². The molecule has 6 N–H and O–H groups in total. The number of carbonyl (C=O) groups is 5. The molecule has 2 saturated heterocycles. The third-order valence-electron chi connectivity index (χ3n) is 11.5. The number of nitrogens with zero attached hydrogens (tertiary/aromatic N) is 4. The number of benzene rings is 1. The van der Waals surface area contributed by atoms with Crippen molar-refractivity contribution < 1.29 is 37.5 Å². The fourth-order valence-corrected chi connectivity index (χ4v) is 10.7. The van der Waals surface area contributed by atoms with Gasteiger partial charge in [0.2, 0.25) is 27.6 Å². The van der Waals surface area contributed by atoms with Crippen LogP contribution in [0, 0.1) is 5.92 Å². The fraction of sp³-hybridized carbons (Fsp3) is 0.649. The largest absolute Gasteiger partial charge is 0.384 e. The summed E-state index contributed by atoms with van der Waals surface area (Å²) in [6, 6.07) is 2.73. The standard InChI is InChI=1S/C37H52N8O8S2/c1-35(2,51)29-21-39-43-45(29)25-20-28(33(49)41-37(30(46)31(38)47)15-17-54-18-16-37)44(22-25)34(50)27(19-23-7-5-4-6-8-23)40-32(48)24-9-11-26(12-10-24)55(52,53)42-36(3)13-14-36/h9-12,21,23,25,27-28,42,51H,4-8,13-20,22H2,1-3H3,(H2,38,47)(H,40,48)(H,41,49)/t25-,27+,28-/m0/s1. The molecule has 2 saturated carbocycles. The maximum Gasteiger partial charge on any atom is 0.287 e. The number of hydrogen-bond donors (Lipinski definition) is 5. The van der Waals surface area contributed by atoms with Crippen LogP contribution in [0.3, 0.4) is 0 Å². The average molecular weight is 801 g/mol. The molecule has 2 aromatic rings. The van der Waals surface area contributed by atoms with Crippen LogP contribution < -0.4 is 21.1 Å². The van der Waals surface area contributed by atoms with Gasteiger partial charge in [0, 0.05) is 24.1 Å². The van der Waals surface area contributed by atoms with Crippen LogP contribution in [0.2, 0.25) is 0 Å². The molecule has 1 aromatic heterocycles. The second-order valence-corrected chi connectivity index (χ2v) is 19.3. The van der Waals surface area contributed by atoms with Crippen molar-refractivity contribution in [2.24, 2.45) is 11.7 Å². The highest BCUT2D eigenvalue weighted by Crippen LogP contribution is 2.37. The number of hydrogen-bond acceptors (Lipinski definition) is 11. The number of ketones is 1. The Kier molecular flexibility index (Phi) is 11.8. The maximum absolute atomic E-state index is 14.8. The van der Waals surface area contributed by atoms with Gasteiger partial charge in [-0.2, -0.15) is 11.8 Å². The predicted molar refractivity (Wildman–Crippen MR) is 203 cm³/mol. The minimum absolute atomic E-state index is 0.0201. The summed E-state index contributed by atoms with van der Waals surface area (Å²) in [5.74, 6) is -2.63. The Morgan fingerprint density at radius 3 is 2.29 bits per heavy atom. The van der Waals surface area contributed by atoms with Crippen LogP contribution in [-0.2, 0) is 34.8 Å². The zero-order valence-corrected chi connectivity index (χ0v) is 33.2. The lowest BCUT2D eigenvalue weighted by Crippen LogP contribution is -2.63. The number of rotatable bonds is 14. The molecule has 55 heavy (non-hydrogen) atoms. The topological polar surface area (TPSA) is 236 Å². The Hall–Kier alpha value is -3.87. The van der Waals surface area contributed by atoms with E-state index in [0.29, 0.717) is 23.6 Å². The Morgan fingerprint density at radius 2 is 1.69 bits per heavy atom. The molecule has 0 radical (unpaired) electrons. The normalized spacial score (nSPS) is 23.1. The van der Waals surface area contributed by atoms with Crippen LogP contribution in [0.1, 0.15) is 113 Å². The first-order valence-corrected chi connectivity index (χ1v) is 21.7. The smallest absolute Gasteiger partial charge is 0.287 e. The van der Waals surface area contributed by atoms with E-state index < -0.39 is 74.2 Å². The van der Waals surface area contributed by atoms with Gasteiger partial charge in [0.15, 0.2) is 0 Å². The summed E-state index contributed by atoms with van der Waals surface area (Å²) in [5.41, 5.74) is 2.64. The molecule has 18 heteroatoms. The molecule has 3 atom stereocenters. The molecule has 0 spiro atoms. The first-order chi connectivity index (χ1) is 25.9. The number of nitrogens with one attached hydrogen (secondary N) is 3. The lowest BCUT2D eigenvalue weighted by molar-refractivity contribution is -0.145. The van der Waals surface area contributed by atoms with E-state index in [-0.39, 0.29) is 42.2 Å². The predicted octanol–water partition coefficient (Wildman–Crippen LogP) is 1.68. The number of Topliss-reactive ketones (excluding diaryl/α,β-unsaturated/α-hetero) is 1. The van der Waals surface area contributed by atoms with Crippen LogP contribution >= 0.6 is 11.8 Å². The van der Waals surface area contributed by atoms with Gasteiger partial charge in [-0.1, -0.05) is 37.3 Å². The monoisotopic (exact) mass is 800 g/mol. The van der Waals surface area contributed by atoms with Crippen molar-refractivity contribution in [1.82, 2.24) is 35.2 Å². The van der Waals surface area contributed by atoms with E-state index >= 15 is 0 Å². The molecule has 4 fully saturated rings. The molecule has 6 rings (SSSR count). The zero-order valence-electron chi connectivity index (χ0n) is 31.6. The van der Waals surface area contributed by atoms with E-state index in [0.717, 1.165) is 44.9 Å². The van der Waals surface area contributed by atoms with Gasteiger partial charge in [-0.15, -0.1) is 5.10 Å². The maximum atomic E-state index is 14.8. The van der Waals surface area contributed by atoms with Gasteiger partial charge in [0.25, 0.3) is 11.8 Å². The summed E-state index contributed by atoms with van der Waals surface area (Å²) in [6.45, 7) is 4.96. The van der Waals surface area contributed by atoms with Gasteiger partial charge in [0.05, 0.1) is 22.8 Å². The Labute approximate surface area is 325 Å². The van der Waals surface area contributed by atoms with Crippen molar-refractivity contribution >= 4 is 51.2 Å². The van der Waals surface area contributed by atoms with E-state index in [9.17, 15) is 37.5 Å². The third kappa shape index (κ3) is 9.24. The Balaban J connectivity index is 1.29. The molecule has 2 aliphatic carbocycles. The highest BCUT2D eigenvalue weighted by Gasteiger charge is 2.49. The SMILES string of the molecule is CC1(NS(=O)(=O)c2ccc(C(=O)N[C@H](CC3CCCCC3)C(=O)N3C[C@@H](n4nncc4C(C)(C)O)C[C@H]3C(=O)NC3(C(=O)C(N)=O)CCSCC3)cc2)CC1. The molecule has 4 aliphatic rings. The number of amides is 4. The molecule has 2 aliphatic heterocycles. The molecular weight excluding hydrogens is 749 g/mol. The van der Waals surface area contributed by atoms with Gasteiger partial charge >= 0.3 is 0 Å². The third-order valence-corrected chi connectivity index (χ3v) is 14.1. The average Bonchev–Trinajstić information content (AvgIpc) is 3.49. The first kappa shape index (κ1) is 40.8. The quantitative estimate of drug-likeness (QED) is 0.173. The summed E-state index contributed by atoms with van der Waals surface area (Å²) in [5, 5.41) is 24.9. The summed E-state index contributed by atoms with van der Waals surface area (Å²) in [6.07, 6.45) is 8.44. The summed E-state index contributed by atoms with van der Waals surface area (Å²) >= 11 is 1.59. The number of aromatic nitrogens is 3. The highest BCUT2D eigenvalue weighted by atomic mass is 32.2. The summed E-state index contributed by atoms with van der Waals surface area (Å²) in [7, 11) is -3.80. The first-order valence-electron chi connectivity index (χ1n) is 19.0. The molecule has 1 aromatic carbocycles. The molecule has 0 bridgehead atoms. The number of sulfonamides is 1. The minimum Gasteiger partial charge on any atom is -0.384 e. The van der Waals surface area contributed by atoms with Crippen molar-refractivity contribution in [3.05, 3.63) is 41.7 Å². The van der Waals surface area contributed by atoms with Crippen molar-refractivity contribution in [1.29, 1.82) is 0 Å². The van der Waals surface area contributed by atoms with Crippen LogP contribution in [-0.4, -0.2) is 104 Å². The number of carbonyl (C=O) groups excluding carboxylic acids is 5. The highest BCUT2D eigenvalue weighted by molar-refractivity contribution is 7.99. The summed E-state index contributed by atoms with van der Waals surface area (Å²) < 4.78 is 30.1. The molecular formula is C37H52N8O8S2. The molecule has 300 valence electrons. The van der Waals surface area contributed by atoms with E-state index in [2.05, 4.69) is 25.7 Å². The van der Waals surface area contributed by atoms with E-state index in [1.807, 2.05) is 6.92 Å². The molecule has 16 nitrogen and oxygen atoms in total. The van der Waals surface area contributed by atoms with Gasteiger partial charge in [-0.25, -0.2) is 17.8 Å². The van der Waals surface area contributed by atoms with Crippen LogP contribution in [0.4, 0.5) is 0 Å². The van der Waals surface area contributed by atoms with Crippen LogP contribution in [0.5, 0.6) is 0 Å². The number of aliphatic hydroxyl groups is 1. The minimum atomic E-state index is -3.80. The van der Waals surface area contributed by atoms with E-state index in [1.165, 1.54) is 40.0 Å². The van der Waals surface area contributed by atoms with Crippen molar-refractivity contribution in [2.75, 3.05) is 18.1 Å². The number of primary amides is 1. The van der Waals surface area contributed by atoms with Gasteiger partial charge in [-0.3, -0.25) is 24.0 Å². The molecule has 0 unspecified atom stereocenters. The van der Waals surface area contributed by atoms with E-state index in [1.54, 1.807) is 25.6 Å². The lowest BCUT2D eigenvalue weighted by atomic mass is 9.84. The Bertz CT molecular complexity index is 1900. The number of thioether (sulfide) groups is 1. The fourth-order valence-electron chi connectivity index (χ4n) is 8.00. The van der Waals surface area contributed by atoms with Crippen molar-refractivity contribution in [2.45, 2.75) is 131 Å². The van der Waals surface area contributed by atoms with Gasteiger partial charge in [0.1, 0.15) is 23.2 Å². The number of likely N-dealkylation sites (tertiary alicyclic amines) is 1. The van der Waals surface area contributed by atoms with Crippen molar-refractivity contribution in [3.63, 3.8) is 0 Å². The molecule has 4 amide bonds. The van der Waals surface area contributed by atoms with Crippen molar-refractivity contribution in [3.8, 4) is 0 Å².